The van der Waals surface area contributed by atoms with E-state index in [1.807, 2.05) is 24.3 Å². The van der Waals surface area contributed by atoms with E-state index in [9.17, 15) is 13.2 Å². The number of rotatable bonds is 5. The lowest BCUT2D eigenvalue weighted by molar-refractivity contribution is -0.123. The van der Waals surface area contributed by atoms with Crippen LogP contribution in [0.5, 0.6) is 0 Å². The van der Waals surface area contributed by atoms with E-state index in [0.717, 1.165) is 16.9 Å². The molecule has 1 aromatic carbocycles. The maximum Gasteiger partial charge on any atom is 0.270 e. The predicted octanol–water partition coefficient (Wildman–Crippen LogP) is 3.86. The van der Waals surface area contributed by atoms with E-state index in [4.69, 9.17) is 0 Å². The highest BCUT2D eigenvalue weighted by Crippen LogP contribution is 2.26. The van der Waals surface area contributed by atoms with Gasteiger partial charge in [-0.2, -0.15) is 0 Å². The van der Waals surface area contributed by atoms with Crippen molar-refractivity contribution in [2.24, 2.45) is 5.41 Å². The topological polar surface area (TPSA) is 101 Å². The van der Waals surface area contributed by atoms with Crippen LogP contribution in [0.25, 0.3) is 0 Å². The maximum atomic E-state index is 12.6. The zero-order valence-corrected chi connectivity index (χ0v) is 19.0. The molecule has 0 saturated carbocycles. The first kappa shape index (κ1) is 22.4. The van der Waals surface area contributed by atoms with Crippen LogP contribution in [0.2, 0.25) is 0 Å². The molecule has 2 rings (SSSR count). The zero-order chi connectivity index (χ0) is 21.3. The summed E-state index contributed by atoms with van der Waals surface area (Å²) in [6.45, 7) is 13.4. The minimum absolute atomic E-state index is 0.0295. The zero-order valence-electron chi connectivity index (χ0n) is 17.3. The Hall–Kier alpha value is -1.84. The van der Waals surface area contributed by atoms with Crippen LogP contribution in [0.3, 0.4) is 0 Å². The van der Waals surface area contributed by atoms with Gasteiger partial charge in [-0.05, 0) is 23.5 Å². The van der Waals surface area contributed by atoms with Crippen molar-refractivity contribution in [3.8, 4) is 0 Å². The molecule has 1 aromatic heterocycles. The van der Waals surface area contributed by atoms with Crippen molar-refractivity contribution in [1.29, 1.82) is 0 Å². The number of amides is 1. The Morgan fingerprint density at radius 2 is 1.61 bits per heavy atom. The Kier molecular flexibility index (Phi) is 6.32. The normalized spacial score (nSPS) is 14.0. The quantitative estimate of drug-likeness (QED) is 0.710. The van der Waals surface area contributed by atoms with Crippen LogP contribution in [0.1, 0.15) is 65.6 Å². The molecule has 0 spiro atoms. The number of nitrogens with one attached hydrogen (secondary N) is 2. The number of aromatic nitrogens is 2. The van der Waals surface area contributed by atoms with Gasteiger partial charge in [0.1, 0.15) is 0 Å². The SMILES string of the molecule is C[C@@H](NS(=O)(=O)c1nnc(NC(=O)C(C)(C)C)s1)c1ccc(C(C)(C)C)cc1. The number of benzene rings is 1. The molecule has 0 saturated heterocycles. The summed E-state index contributed by atoms with van der Waals surface area (Å²) in [6.07, 6.45) is 0. The van der Waals surface area contributed by atoms with Crippen LogP contribution in [-0.4, -0.2) is 24.5 Å². The highest BCUT2D eigenvalue weighted by molar-refractivity contribution is 7.91. The minimum atomic E-state index is -3.85. The minimum Gasteiger partial charge on any atom is -0.300 e. The summed E-state index contributed by atoms with van der Waals surface area (Å²) < 4.78 is 27.7. The molecular formula is C19H28N4O3S2. The van der Waals surface area contributed by atoms with Gasteiger partial charge in [0.15, 0.2) is 0 Å². The van der Waals surface area contributed by atoms with Gasteiger partial charge in [0, 0.05) is 11.5 Å². The average Bonchev–Trinajstić information content (AvgIpc) is 3.02. The van der Waals surface area contributed by atoms with Gasteiger partial charge in [0.2, 0.25) is 15.4 Å². The second kappa shape index (κ2) is 7.88. The van der Waals surface area contributed by atoms with Crippen molar-refractivity contribution in [2.75, 3.05) is 5.32 Å². The Bertz CT molecular complexity index is 937. The van der Waals surface area contributed by atoms with Crippen LogP contribution in [0, 0.1) is 5.41 Å². The Balaban J connectivity index is 2.12. The number of hydrogen-bond donors (Lipinski definition) is 2. The van der Waals surface area contributed by atoms with Gasteiger partial charge >= 0.3 is 0 Å². The molecule has 0 aliphatic heterocycles. The van der Waals surface area contributed by atoms with Crippen molar-refractivity contribution >= 4 is 32.4 Å². The summed E-state index contributed by atoms with van der Waals surface area (Å²) in [6, 6.07) is 7.41. The monoisotopic (exact) mass is 424 g/mol. The van der Waals surface area contributed by atoms with Crippen molar-refractivity contribution in [1.82, 2.24) is 14.9 Å². The Morgan fingerprint density at radius 1 is 1.04 bits per heavy atom. The van der Waals surface area contributed by atoms with E-state index in [0.29, 0.717) is 0 Å². The number of hydrogen-bond acceptors (Lipinski definition) is 6. The molecule has 0 fully saturated rings. The first-order chi connectivity index (χ1) is 12.7. The molecule has 0 bridgehead atoms. The highest BCUT2D eigenvalue weighted by Gasteiger charge is 2.26. The number of carbonyl (C=O) groups is 1. The fourth-order valence-electron chi connectivity index (χ4n) is 2.28. The van der Waals surface area contributed by atoms with E-state index in [1.165, 1.54) is 5.56 Å². The molecule has 0 radical (unpaired) electrons. The van der Waals surface area contributed by atoms with Crippen LogP contribution in [-0.2, 0) is 20.2 Å². The largest absolute Gasteiger partial charge is 0.300 e. The van der Waals surface area contributed by atoms with E-state index >= 15 is 0 Å². The van der Waals surface area contributed by atoms with E-state index in [2.05, 4.69) is 41.0 Å². The molecule has 9 heteroatoms. The van der Waals surface area contributed by atoms with E-state index in [-0.39, 0.29) is 20.8 Å². The summed E-state index contributed by atoms with van der Waals surface area (Å²) in [5.41, 5.74) is 1.44. The van der Waals surface area contributed by atoms with Gasteiger partial charge in [-0.1, -0.05) is 77.1 Å². The molecule has 2 N–H and O–H groups in total. The third kappa shape index (κ3) is 5.59. The van der Waals surface area contributed by atoms with Crippen LogP contribution >= 0.6 is 11.3 Å². The first-order valence-electron chi connectivity index (χ1n) is 8.98. The molecule has 28 heavy (non-hydrogen) atoms. The van der Waals surface area contributed by atoms with Gasteiger partial charge < -0.3 is 5.32 Å². The van der Waals surface area contributed by atoms with Crippen molar-refractivity contribution < 1.29 is 13.2 Å². The summed E-state index contributed by atoms with van der Waals surface area (Å²) in [4.78, 5) is 12.0. The second-order valence-electron chi connectivity index (χ2n) is 8.79. The van der Waals surface area contributed by atoms with Crippen LogP contribution < -0.4 is 10.0 Å². The van der Waals surface area contributed by atoms with Gasteiger partial charge in [-0.25, -0.2) is 13.1 Å². The lowest BCUT2D eigenvalue weighted by atomic mass is 9.86. The summed E-state index contributed by atoms with van der Waals surface area (Å²) >= 11 is 0.823. The predicted molar refractivity (Wildman–Crippen MR) is 112 cm³/mol. The molecular weight excluding hydrogens is 396 g/mol. The van der Waals surface area contributed by atoms with Crippen molar-refractivity contribution in [3.05, 3.63) is 35.4 Å². The fourth-order valence-corrected chi connectivity index (χ4v) is 4.42. The number of sulfonamides is 1. The summed E-state index contributed by atoms with van der Waals surface area (Å²) in [5, 5.41) is 10.2. The summed E-state index contributed by atoms with van der Waals surface area (Å²) in [5.74, 6) is -0.257. The average molecular weight is 425 g/mol. The number of nitrogens with zero attached hydrogens (tertiary/aromatic N) is 2. The van der Waals surface area contributed by atoms with Gasteiger partial charge in [-0.15, -0.1) is 10.2 Å². The van der Waals surface area contributed by atoms with Gasteiger partial charge in [0.05, 0.1) is 0 Å². The third-order valence-electron chi connectivity index (χ3n) is 4.15. The lowest BCUT2D eigenvalue weighted by Gasteiger charge is -2.20. The standard InChI is InChI=1S/C19H28N4O3S2/c1-12(13-8-10-14(11-9-13)18(2,3)4)23-28(25,26)17-22-21-16(27-17)20-15(24)19(5,6)7/h8-12,23H,1-7H3,(H,20,21,24)/t12-/m1/s1. The molecule has 1 heterocycles. The molecule has 1 amide bonds. The molecule has 0 aliphatic rings. The lowest BCUT2D eigenvalue weighted by Crippen LogP contribution is -2.27. The molecule has 1 atom stereocenters. The molecule has 7 nitrogen and oxygen atoms in total. The fraction of sp³-hybridized carbons (Fsp3) is 0.526. The summed E-state index contributed by atoms with van der Waals surface area (Å²) in [7, 11) is -3.85. The Labute approximate surface area is 171 Å². The maximum absolute atomic E-state index is 12.6. The Morgan fingerprint density at radius 3 is 2.11 bits per heavy atom. The number of anilines is 1. The van der Waals surface area contributed by atoms with E-state index in [1.54, 1.807) is 27.7 Å². The smallest absolute Gasteiger partial charge is 0.270 e. The van der Waals surface area contributed by atoms with Crippen molar-refractivity contribution in [2.45, 2.75) is 64.3 Å². The van der Waals surface area contributed by atoms with Crippen molar-refractivity contribution in [3.63, 3.8) is 0 Å². The number of carbonyl (C=O) groups excluding carboxylic acids is 1. The third-order valence-corrected chi connectivity index (χ3v) is 6.89. The second-order valence-corrected chi connectivity index (χ2v) is 11.7. The van der Waals surface area contributed by atoms with Crippen LogP contribution in [0.15, 0.2) is 28.6 Å². The molecule has 154 valence electrons. The van der Waals surface area contributed by atoms with Gasteiger partial charge in [0.25, 0.3) is 10.0 Å². The molecule has 0 aliphatic carbocycles. The highest BCUT2D eigenvalue weighted by atomic mass is 32.2. The molecule has 2 aromatic rings. The first-order valence-corrected chi connectivity index (χ1v) is 11.3. The van der Waals surface area contributed by atoms with E-state index < -0.39 is 21.5 Å². The molecule has 0 unspecified atom stereocenters. The van der Waals surface area contributed by atoms with Gasteiger partial charge in [-0.3, -0.25) is 4.79 Å². The van der Waals surface area contributed by atoms with Crippen LogP contribution in [0.4, 0.5) is 5.13 Å².